The minimum Gasteiger partial charge on any atom is -0.478 e. The summed E-state index contributed by atoms with van der Waals surface area (Å²) >= 11 is 0. The zero-order valence-corrected chi connectivity index (χ0v) is 8.72. The second-order valence-corrected chi connectivity index (χ2v) is 3.76. The molecule has 5 nitrogen and oxygen atoms in total. The fourth-order valence-electron chi connectivity index (χ4n) is 1.84. The molecular formula is C11H12N2O3. The Bertz CT molecular complexity index is 431. The van der Waals surface area contributed by atoms with Crippen LogP contribution < -0.4 is 0 Å². The fourth-order valence-corrected chi connectivity index (χ4v) is 1.84. The molecule has 1 saturated heterocycles. The molecule has 0 aromatic carbocycles. The van der Waals surface area contributed by atoms with Gasteiger partial charge in [-0.2, -0.15) is 0 Å². The number of nitrogens with zero attached hydrogens (tertiary/aromatic N) is 2. The van der Waals surface area contributed by atoms with Crippen LogP contribution in [0.3, 0.4) is 0 Å². The highest BCUT2D eigenvalue weighted by Crippen LogP contribution is 2.16. The zero-order chi connectivity index (χ0) is 11.5. The van der Waals surface area contributed by atoms with Crippen LogP contribution in [0.4, 0.5) is 0 Å². The summed E-state index contributed by atoms with van der Waals surface area (Å²) in [6.45, 7) is 1.04. The van der Waals surface area contributed by atoms with E-state index in [9.17, 15) is 9.59 Å². The van der Waals surface area contributed by atoms with Gasteiger partial charge in [0.15, 0.2) is 0 Å². The van der Waals surface area contributed by atoms with E-state index in [4.69, 9.17) is 5.11 Å². The number of likely N-dealkylation sites (tertiary alicyclic amines) is 1. The van der Waals surface area contributed by atoms with Gasteiger partial charge in [0.25, 0.3) is 0 Å². The van der Waals surface area contributed by atoms with E-state index in [1.807, 2.05) is 0 Å². The largest absolute Gasteiger partial charge is 0.478 e. The molecule has 2 heterocycles. The first-order chi connectivity index (χ1) is 7.68. The molecule has 84 valence electrons. The number of hydrogen-bond donors (Lipinski definition) is 1. The Morgan fingerprint density at radius 3 is 3.00 bits per heavy atom. The fraction of sp³-hybridized carbons (Fsp3) is 0.364. The predicted octanol–water partition coefficient (Wildman–Crippen LogP) is 0.902. The lowest BCUT2D eigenvalue weighted by molar-refractivity contribution is -0.128. The number of rotatable bonds is 3. The molecule has 0 radical (unpaired) electrons. The van der Waals surface area contributed by atoms with Gasteiger partial charge in [-0.15, -0.1) is 0 Å². The van der Waals surface area contributed by atoms with Gasteiger partial charge in [-0.3, -0.25) is 9.78 Å². The molecule has 0 bridgehead atoms. The van der Waals surface area contributed by atoms with Crippen LogP contribution in [-0.4, -0.2) is 33.4 Å². The number of pyridine rings is 1. The molecule has 1 aromatic heterocycles. The summed E-state index contributed by atoms with van der Waals surface area (Å²) in [4.78, 5) is 27.9. The Kier molecular flexibility index (Phi) is 2.85. The Morgan fingerprint density at radius 1 is 1.56 bits per heavy atom. The van der Waals surface area contributed by atoms with Crippen molar-refractivity contribution in [2.45, 2.75) is 19.4 Å². The predicted molar refractivity (Wildman–Crippen MR) is 55.8 cm³/mol. The maximum absolute atomic E-state index is 11.4. The maximum Gasteiger partial charge on any atom is 0.336 e. The molecule has 16 heavy (non-hydrogen) atoms. The minimum absolute atomic E-state index is 0.0835. The third kappa shape index (κ3) is 2.03. The van der Waals surface area contributed by atoms with Crippen molar-refractivity contribution in [1.29, 1.82) is 0 Å². The molecule has 1 aromatic rings. The van der Waals surface area contributed by atoms with Crippen LogP contribution in [0.25, 0.3) is 0 Å². The highest BCUT2D eigenvalue weighted by molar-refractivity contribution is 5.89. The first kappa shape index (κ1) is 10.6. The van der Waals surface area contributed by atoms with Crippen molar-refractivity contribution in [2.75, 3.05) is 6.54 Å². The van der Waals surface area contributed by atoms with Gasteiger partial charge in [-0.25, -0.2) is 4.79 Å². The summed E-state index contributed by atoms with van der Waals surface area (Å²) in [6.07, 6.45) is 4.36. The summed E-state index contributed by atoms with van der Waals surface area (Å²) in [5, 5.41) is 8.97. The molecule has 1 fully saturated rings. The number of carbonyl (C=O) groups excluding carboxylic acids is 1. The van der Waals surface area contributed by atoms with Gasteiger partial charge >= 0.3 is 5.97 Å². The summed E-state index contributed by atoms with van der Waals surface area (Å²) in [5.41, 5.74) is 0.806. The molecule has 0 aliphatic carbocycles. The van der Waals surface area contributed by atoms with E-state index in [1.54, 1.807) is 4.90 Å². The van der Waals surface area contributed by atoms with Crippen LogP contribution in [0.2, 0.25) is 0 Å². The van der Waals surface area contributed by atoms with Crippen molar-refractivity contribution in [3.05, 3.63) is 29.6 Å². The van der Waals surface area contributed by atoms with Crippen LogP contribution in [0.5, 0.6) is 0 Å². The third-order valence-electron chi connectivity index (χ3n) is 2.67. The molecule has 2 rings (SSSR count). The summed E-state index contributed by atoms with van der Waals surface area (Å²) in [7, 11) is 0. The lowest BCUT2D eigenvalue weighted by Gasteiger charge is -2.16. The van der Waals surface area contributed by atoms with Crippen LogP contribution >= 0.6 is 0 Å². The van der Waals surface area contributed by atoms with Gasteiger partial charge < -0.3 is 10.0 Å². The van der Waals surface area contributed by atoms with Gasteiger partial charge in [-0.05, 0) is 12.5 Å². The number of carboxylic acids is 1. The topological polar surface area (TPSA) is 70.5 Å². The quantitative estimate of drug-likeness (QED) is 0.821. The smallest absolute Gasteiger partial charge is 0.336 e. The number of carbonyl (C=O) groups is 2. The van der Waals surface area contributed by atoms with Crippen LogP contribution in [0.1, 0.15) is 28.8 Å². The molecular weight excluding hydrogens is 208 g/mol. The van der Waals surface area contributed by atoms with Crippen LogP contribution in [0, 0.1) is 0 Å². The van der Waals surface area contributed by atoms with Gasteiger partial charge in [0.1, 0.15) is 0 Å². The highest BCUT2D eigenvalue weighted by atomic mass is 16.4. The van der Waals surface area contributed by atoms with Gasteiger partial charge in [0.2, 0.25) is 5.91 Å². The molecule has 5 heteroatoms. The lowest BCUT2D eigenvalue weighted by atomic mass is 10.1. The van der Waals surface area contributed by atoms with E-state index in [-0.39, 0.29) is 11.5 Å². The Hall–Kier alpha value is -1.91. The number of hydrogen-bond acceptors (Lipinski definition) is 3. The second-order valence-electron chi connectivity index (χ2n) is 3.76. The molecule has 1 amide bonds. The first-order valence-corrected chi connectivity index (χ1v) is 5.12. The standard InChI is InChI=1S/C11H12N2O3/c14-10-2-1-5-13(10)7-8-6-12-4-3-9(8)11(15)16/h3-4,6H,1-2,5,7H2,(H,15,16). The average Bonchev–Trinajstić information content (AvgIpc) is 2.65. The molecule has 0 unspecified atom stereocenters. The number of aromatic nitrogens is 1. The van der Waals surface area contributed by atoms with Crippen molar-refractivity contribution in [2.24, 2.45) is 0 Å². The summed E-state index contributed by atoms with van der Waals surface area (Å²) in [5.74, 6) is -0.899. The van der Waals surface area contributed by atoms with Crippen molar-refractivity contribution < 1.29 is 14.7 Å². The van der Waals surface area contributed by atoms with E-state index >= 15 is 0 Å². The Balaban J connectivity index is 2.20. The molecule has 0 saturated carbocycles. The lowest BCUT2D eigenvalue weighted by Crippen LogP contribution is -2.25. The van der Waals surface area contributed by atoms with Crippen molar-refractivity contribution in [1.82, 2.24) is 9.88 Å². The number of amides is 1. The van der Waals surface area contributed by atoms with E-state index in [1.165, 1.54) is 18.5 Å². The molecule has 1 aliphatic heterocycles. The van der Waals surface area contributed by atoms with Gasteiger partial charge in [-0.1, -0.05) is 0 Å². The second kappa shape index (κ2) is 4.30. The summed E-state index contributed by atoms with van der Waals surface area (Å²) in [6, 6.07) is 1.46. The molecule has 1 aliphatic rings. The Labute approximate surface area is 92.7 Å². The number of aromatic carboxylic acids is 1. The van der Waals surface area contributed by atoms with Crippen molar-refractivity contribution >= 4 is 11.9 Å². The first-order valence-electron chi connectivity index (χ1n) is 5.12. The zero-order valence-electron chi connectivity index (χ0n) is 8.72. The van der Waals surface area contributed by atoms with Crippen molar-refractivity contribution in [3.63, 3.8) is 0 Å². The van der Waals surface area contributed by atoms with Crippen LogP contribution in [0.15, 0.2) is 18.5 Å². The van der Waals surface area contributed by atoms with Crippen LogP contribution in [-0.2, 0) is 11.3 Å². The summed E-state index contributed by atoms with van der Waals surface area (Å²) < 4.78 is 0. The molecule has 0 atom stereocenters. The maximum atomic E-state index is 11.4. The molecule has 1 N–H and O–H groups in total. The highest BCUT2D eigenvalue weighted by Gasteiger charge is 2.22. The normalized spacial score (nSPS) is 15.5. The van der Waals surface area contributed by atoms with E-state index in [0.717, 1.165) is 6.42 Å². The van der Waals surface area contributed by atoms with Gasteiger partial charge in [0.05, 0.1) is 5.56 Å². The number of carboxylic acid groups (broad SMARTS) is 1. The Morgan fingerprint density at radius 2 is 2.38 bits per heavy atom. The SMILES string of the molecule is O=C(O)c1ccncc1CN1CCCC1=O. The molecule has 0 spiro atoms. The van der Waals surface area contributed by atoms with E-state index < -0.39 is 5.97 Å². The van der Waals surface area contributed by atoms with Crippen molar-refractivity contribution in [3.8, 4) is 0 Å². The van der Waals surface area contributed by atoms with Gasteiger partial charge in [0, 0.05) is 37.5 Å². The minimum atomic E-state index is -0.982. The van der Waals surface area contributed by atoms with E-state index in [0.29, 0.717) is 25.1 Å². The average molecular weight is 220 g/mol. The van der Waals surface area contributed by atoms with E-state index in [2.05, 4.69) is 4.98 Å². The monoisotopic (exact) mass is 220 g/mol. The third-order valence-corrected chi connectivity index (χ3v) is 2.67.